The number of H-pyrrole nitrogens is 1. The Balaban J connectivity index is 1.49. The molecular formula is C22H20N4O3S. The number of rotatable bonds is 6. The number of amides is 2. The van der Waals surface area contributed by atoms with E-state index >= 15 is 0 Å². The Kier molecular flexibility index (Phi) is 5.58. The van der Waals surface area contributed by atoms with Crippen LogP contribution in [0, 0.1) is 5.92 Å². The standard InChI is InChI=1S/C22H20N4O3S/c1-29-19-9-5-4-8-18(19)26-21(28)16(20(27)25-22(26)30)13-23-11-10-14-12-24-17-7-3-2-6-15(14)17/h2-9,12-13,16,24H,10-11H2,1H3,(H,25,27,30). The van der Waals surface area contributed by atoms with Gasteiger partial charge in [-0.2, -0.15) is 0 Å². The lowest BCUT2D eigenvalue weighted by Gasteiger charge is -2.31. The highest BCUT2D eigenvalue weighted by Gasteiger charge is 2.39. The lowest BCUT2D eigenvalue weighted by atomic mass is 10.1. The van der Waals surface area contributed by atoms with Gasteiger partial charge in [0.25, 0.3) is 5.91 Å². The van der Waals surface area contributed by atoms with Crippen molar-refractivity contribution in [1.82, 2.24) is 10.3 Å². The molecule has 1 aliphatic heterocycles. The van der Waals surface area contributed by atoms with Gasteiger partial charge in [0.15, 0.2) is 11.0 Å². The number of nitrogens with one attached hydrogen (secondary N) is 2. The van der Waals surface area contributed by atoms with Crippen LogP contribution in [0.25, 0.3) is 10.9 Å². The van der Waals surface area contributed by atoms with Gasteiger partial charge in [0.2, 0.25) is 5.91 Å². The first-order valence-corrected chi connectivity index (χ1v) is 9.87. The van der Waals surface area contributed by atoms with Gasteiger partial charge in [0, 0.05) is 29.9 Å². The molecule has 2 heterocycles. The van der Waals surface area contributed by atoms with E-state index in [0.29, 0.717) is 24.4 Å². The summed E-state index contributed by atoms with van der Waals surface area (Å²) in [7, 11) is 1.51. The second kappa shape index (κ2) is 8.46. The molecule has 2 N–H and O–H groups in total. The number of ether oxygens (including phenoxy) is 1. The van der Waals surface area contributed by atoms with E-state index in [2.05, 4.69) is 21.4 Å². The van der Waals surface area contributed by atoms with E-state index < -0.39 is 17.7 Å². The molecule has 8 heteroatoms. The molecule has 0 saturated carbocycles. The third-order valence-corrected chi connectivity index (χ3v) is 5.25. The van der Waals surface area contributed by atoms with E-state index in [1.54, 1.807) is 24.3 Å². The summed E-state index contributed by atoms with van der Waals surface area (Å²) >= 11 is 5.23. The van der Waals surface area contributed by atoms with Crippen molar-refractivity contribution in [1.29, 1.82) is 0 Å². The summed E-state index contributed by atoms with van der Waals surface area (Å²) in [5.41, 5.74) is 2.69. The zero-order valence-electron chi connectivity index (χ0n) is 16.3. The Morgan fingerprint density at radius 3 is 2.77 bits per heavy atom. The second-order valence-electron chi connectivity index (χ2n) is 6.78. The summed E-state index contributed by atoms with van der Waals surface area (Å²) in [6.07, 6.45) is 4.05. The van der Waals surface area contributed by atoms with Crippen LogP contribution >= 0.6 is 12.2 Å². The topological polar surface area (TPSA) is 86.8 Å². The molecule has 1 saturated heterocycles. The average molecular weight is 420 g/mol. The maximum absolute atomic E-state index is 13.0. The van der Waals surface area contributed by atoms with Crippen molar-refractivity contribution in [3.8, 4) is 5.75 Å². The highest BCUT2D eigenvalue weighted by Crippen LogP contribution is 2.30. The number of nitrogens with zero attached hydrogens (tertiary/aromatic N) is 2. The fraction of sp³-hybridized carbons (Fsp3) is 0.182. The van der Waals surface area contributed by atoms with Crippen LogP contribution in [0.1, 0.15) is 5.56 Å². The van der Waals surface area contributed by atoms with Crippen molar-refractivity contribution in [2.45, 2.75) is 6.42 Å². The lowest BCUT2D eigenvalue weighted by molar-refractivity contribution is -0.130. The number of thiocarbonyl (C=S) groups is 1. The van der Waals surface area contributed by atoms with Crippen LogP contribution in [-0.2, 0) is 16.0 Å². The van der Waals surface area contributed by atoms with Gasteiger partial charge >= 0.3 is 0 Å². The molecule has 3 aromatic rings. The highest BCUT2D eigenvalue weighted by atomic mass is 32.1. The molecule has 4 rings (SSSR count). The maximum Gasteiger partial charge on any atom is 0.251 e. The van der Waals surface area contributed by atoms with E-state index in [1.165, 1.54) is 18.2 Å². The number of para-hydroxylation sites is 3. The first-order valence-electron chi connectivity index (χ1n) is 9.47. The number of carbonyl (C=O) groups excluding carboxylic acids is 2. The van der Waals surface area contributed by atoms with Crippen molar-refractivity contribution < 1.29 is 14.3 Å². The van der Waals surface area contributed by atoms with E-state index in [9.17, 15) is 9.59 Å². The average Bonchev–Trinajstić information content (AvgIpc) is 3.16. The second-order valence-corrected chi connectivity index (χ2v) is 7.17. The predicted molar refractivity (Wildman–Crippen MR) is 120 cm³/mol. The van der Waals surface area contributed by atoms with E-state index in [4.69, 9.17) is 17.0 Å². The van der Waals surface area contributed by atoms with Gasteiger partial charge in [-0.15, -0.1) is 0 Å². The molecule has 7 nitrogen and oxygen atoms in total. The molecule has 0 bridgehead atoms. The monoisotopic (exact) mass is 420 g/mol. The van der Waals surface area contributed by atoms with Crippen molar-refractivity contribution in [3.63, 3.8) is 0 Å². The molecule has 1 atom stereocenters. The minimum Gasteiger partial charge on any atom is -0.495 e. The van der Waals surface area contributed by atoms with Gasteiger partial charge in [-0.25, -0.2) is 0 Å². The third-order valence-electron chi connectivity index (χ3n) is 4.97. The van der Waals surface area contributed by atoms with Gasteiger partial charge in [0.05, 0.1) is 12.8 Å². The summed E-state index contributed by atoms with van der Waals surface area (Å²) < 4.78 is 5.33. The smallest absolute Gasteiger partial charge is 0.251 e. The number of methoxy groups -OCH3 is 1. The number of aromatic amines is 1. The van der Waals surface area contributed by atoms with Crippen LogP contribution in [-0.4, -0.2) is 41.8 Å². The van der Waals surface area contributed by atoms with Crippen molar-refractivity contribution >= 4 is 51.9 Å². The first-order chi connectivity index (χ1) is 14.6. The molecule has 0 aliphatic carbocycles. The molecule has 2 amide bonds. The van der Waals surface area contributed by atoms with Crippen LogP contribution in [0.3, 0.4) is 0 Å². The van der Waals surface area contributed by atoms with Gasteiger partial charge in [-0.05, 0) is 42.4 Å². The van der Waals surface area contributed by atoms with Crippen LogP contribution < -0.4 is 15.0 Å². The quantitative estimate of drug-likeness (QED) is 0.365. The summed E-state index contributed by atoms with van der Waals surface area (Å²) in [5.74, 6) is -1.50. The van der Waals surface area contributed by atoms with Gasteiger partial charge in [-0.1, -0.05) is 30.3 Å². The fourth-order valence-electron chi connectivity index (χ4n) is 3.47. The van der Waals surface area contributed by atoms with Crippen molar-refractivity contribution in [3.05, 3.63) is 60.3 Å². The zero-order chi connectivity index (χ0) is 21.1. The molecule has 2 aromatic carbocycles. The Morgan fingerprint density at radius 2 is 1.93 bits per heavy atom. The molecule has 0 radical (unpaired) electrons. The van der Waals surface area contributed by atoms with Crippen LogP contribution in [0.2, 0.25) is 0 Å². The predicted octanol–water partition coefficient (Wildman–Crippen LogP) is 2.85. The largest absolute Gasteiger partial charge is 0.495 e. The SMILES string of the molecule is COc1ccccc1N1C(=O)C(C=NCCc2c[nH]c3ccccc23)C(=O)NC1=S. The first kappa shape index (κ1) is 19.8. The van der Waals surface area contributed by atoms with E-state index in [1.807, 2.05) is 24.4 Å². The van der Waals surface area contributed by atoms with Crippen molar-refractivity contribution in [2.75, 3.05) is 18.6 Å². The Morgan fingerprint density at radius 1 is 1.17 bits per heavy atom. The molecule has 1 fully saturated rings. The van der Waals surface area contributed by atoms with Crippen LogP contribution in [0.4, 0.5) is 5.69 Å². The van der Waals surface area contributed by atoms with Crippen LogP contribution in [0.15, 0.2) is 59.7 Å². The molecule has 152 valence electrons. The molecular weight excluding hydrogens is 400 g/mol. The van der Waals surface area contributed by atoms with Gasteiger partial charge in [-0.3, -0.25) is 19.5 Å². The Labute approximate surface area is 178 Å². The number of hydrogen-bond acceptors (Lipinski definition) is 5. The number of carbonyl (C=O) groups is 2. The number of aliphatic imine (C=N–C) groups is 1. The molecule has 1 unspecified atom stereocenters. The summed E-state index contributed by atoms with van der Waals surface area (Å²) in [5, 5.41) is 3.76. The van der Waals surface area contributed by atoms with E-state index in [0.717, 1.165) is 16.5 Å². The highest BCUT2D eigenvalue weighted by molar-refractivity contribution is 7.80. The summed E-state index contributed by atoms with van der Waals surface area (Å²) in [6, 6.07) is 15.0. The minimum absolute atomic E-state index is 0.0259. The lowest BCUT2D eigenvalue weighted by Crippen LogP contribution is -2.58. The van der Waals surface area contributed by atoms with E-state index in [-0.39, 0.29) is 5.11 Å². The zero-order valence-corrected chi connectivity index (χ0v) is 17.1. The summed E-state index contributed by atoms with van der Waals surface area (Å²) in [4.78, 5) is 34.3. The van der Waals surface area contributed by atoms with Crippen LogP contribution in [0.5, 0.6) is 5.75 Å². The normalized spacial score (nSPS) is 17.0. The fourth-order valence-corrected chi connectivity index (χ4v) is 3.76. The number of benzene rings is 2. The molecule has 1 aromatic heterocycles. The molecule has 1 aliphatic rings. The number of aromatic nitrogens is 1. The molecule has 30 heavy (non-hydrogen) atoms. The summed E-state index contributed by atoms with van der Waals surface area (Å²) in [6.45, 7) is 0.456. The number of fused-ring (bicyclic) bond motifs is 1. The third kappa shape index (κ3) is 3.69. The van der Waals surface area contributed by atoms with Gasteiger partial charge < -0.3 is 15.0 Å². The Hall–Kier alpha value is -3.52. The van der Waals surface area contributed by atoms with Crippen molar-refractivity contribution in [2.24, 2.45) is 10.9 Å². The Bertz CT molecular complexity index is 1150. The maximum atomic E-state index is 13.0. The van der Waals surface area contributed by atoms with Gasteiger partial charge in [0.1, 0.15) is 5.75 Å². The number of anilines is 1. The minimum atomic E-state index is -1.05. The molecule has 0 spiro atoms. The number of hydrogen-bond donors (Lipinski definition) is 2.